The molecule has 0 saturated carbocycles. The standard InChI is InChI=1S/C13H17N5S/c14-12-15-13(19-16-12)18-8-6-17(7-9-18)10-11-4-2-1-3-5-11/h1-5H,6-10H2,(H2,14,16). The number of benzene rings is 1. The SMILES string of the molecule is Nc1nsc(N2CCN(Cc3ccccc3)CC2)n1. The van der Waals surface area contributed by atoms with Crippen molar-refractivity contribution < 1.29 is 0 Å². The fraction of sp³-hybridized carbons (Fsp3) is 0.385. The van der Waals surface area contributed by atoms with Gasteiger partial charge in [-0.15, -0.1) is 0 Å². The Morgan fingerprint density at radius 2 is 1.84 bits per heavy atom. The Morgan fingerprint density at radius 3 is 2.47 bits per heavy atom. The van der Waals surface area contributed by atoms with Crippen LogP contribution in [0.2, 0.25) is 0 Å². The van der Waals surface area contributed by atoms with Crippen molar-refractivity contribution in [2.75, 3.05) is 36.8 Å². The third kappa shape index (κ3) is 3.02. The van der Waals surface area contributed by atoms with Gasteiger partial charge in [-0.25, -0.2) is 0 Å². The number of hydrogen-bond donors (Lipinski definition) is 1. The molecule has 2 aromatic rings. The highest BCUT2D eigenvalue weighted by atomic mass is 32.1. The molecule has 100 valence electrons. The number of nitrogens with zero attached hydrogens (tertiary/aromatic N) is 4. The normalized spacial score (nSPS) is 16.7. The van der Waals surface area contributed by atoms with Gasteiger partial charge in [-0.3, -0.25) is 4.90 Å². The van der Waals surface area contributed by atoms with Crippen LogP contribution in [0.1, 0.15) is 5.56 Å². The van der Waals surface area contributed by atoms with E-state index in [9.17, 15) is 0 Å². The number of nitrogen functional groups attached to an aromatic ring is 1. The van der Waals surface area contributed by atoms with Crippen LogP contribution in [0.15, 0.2) is 30.3 Å². The maximum absolute atomic E-state index is 5.57. The van der Waals surface area contributed by atoms with Crippen molar-refractivity contribution in [3.05, 3.63) is 35.9 Å². The first-order valence-electron chi connectivity index (χ1n) is 6.42. The molecule has 1 aliphatic heterocycles. The summed E-state index contributed by atoms with van der Waals surface area (Å²) in [6.07, 6.45) is 0. The van der Waals surface area contributed by atoms with Gasteiger partial charge in [0, 0.05) is 44.3 Å². The lowest BCUT2D eigenvalue weighted by atomic mass is 10.2. The van der Waals surface area contributed by atoms with Crippen LogP contribution >= 0.6 is 11.5 Å². The summed E-state index contributed by atoms with van der Waals surface area (Å²) in [6.45, 7) is 5.10. The topological polar surface area (TPSA) is 58.3 Å². The van der Waals surface area contributed by atoms with Crippen LogP contribution in [0.4, 0.5) is 11.1 Å². The molecule has 6 heteroatoms. The van der Waals surface area contributed by atoms with Crippen molar-refractivity contribution in [3.63, 3.8) is 0 Å². The second kappa shape index (κ2) is 5.54. The van der Waals surface area contributed by atoms with Gasteiger partial charge in [0.1, 0.15) is 0 Å². The highest BCUT2D eigenvalue weighted by Crippen LogP contribution is 2.20. The van der Waals surface area contributed by atoms with Crippen LogP contribution < -0.4 is 10.6 Å². The summed E-state index contributed by atoms with van der Waals surface area (Å²) in [5.74, 6) is 0.381. The average Bonchev–Trinajstić information content (AvgIpc) is 2.87. The lowest BCUT2D eigenvalue weighted by Gasteiger charge is -2.34. The Labute approximate surface area is 116 Å². The molecule has 1 aliphatic rings. The minimum absolute atomic E-state index is 0.381. The summed E-state index contributed by atoms with van der Waals surface area (Å²) in [7, 11) is 0. The smallest absolute Gasteiger partial charge is 0.233 e. The molecule has 0 bridgehead atoms. The van der Waals surface area contributed by atoms with Crippen LogP contribution in [0, 0.1) is 0 Å². The number of piperazine rings is 1. The van der Waals surface area contributed by atoms with Crippen LogP contribution in [-0.2, 0) is 6.54 Å². The largest absolute Gasteiger partial charge is 0.367 e. The van der Waals surface area contributed by atoms with Crippen LogP contribution in [0.3, 0.4) is 0 Å². The zero-order valence-corrected chi connectivity index (χ0v) is 11.5. The van der Waals surface area contributed by atoms with Gasteiger partial charge in [-0.2, -0.15) is 9.36 Å². The van der Waals surface area contributed by atoms with Gasteiger partial charge in [0.2, 0.25) is 11.1 Å². The van der Waals surface area contributed by atoms with Crippen molar-refractivity contribution in [2.24, 2.45) is 0 Å². The Bertz CT molecular complexity index is 519. The predicted octanol–water partition coefficient (Wildman–Crippen LogP) is 1.44. The van der Waals surface area contributed by atoms with Crippen LogP contribution in [0.25, 0.3) is 0 Å². The summed E-state index contributed by atoms with van der Waals surface area (Å²) in [5.41, 5.74) is 6.94. The van der Waals surface area contributed by atoms with E-state index in [2.05, 4.69) is 49.5 Å². The zero-order valence-electron chi connectivity index (χ0n) is 10.7. The quantitative estimate of drug-likeness (QED) is 0.918. The van der Waals surface area contributed by atoms with Gasteiger partial charge in [-0.05, 0) is 5.56 Å². The second-order valence-corrected chi connectivity index (χ2v) is 5.41. The van der Waals surface area contributed by atoms with Gasteiger partial charge >= 0.3 is 0 Å². The lowest BCUT2D eigenvalue weighted by Crippen LogP contribution is -2.45. The molecule has 1 aromatic carbocycles. The third-order valence-electron chi connectivity index (χ3n) is 3.32. The van der Waals surface area contributed by atoms with Crippen molar-refractivity contribution >= 4 is 22.6 Å². The first kappa shape index (κ1) is 12.4. The molecule has 0 spiro atoms. The average molecular weight is 275 g/mol. The van der Waals surface area contributed by atoms with Crippen LogP contribution in [0.5, 0.6) is 0 Å². The summed E-state index contributed by atoms with van der Waals surface area (Å²) < 4.78 is 4.03. The highest BCUT2D eigenvalue weighted by Gasteiger charge is 2.19. The molecular weight excluding hydrogens is 258 g/mol. The Balaban J connectivity index is 1.55. The predicted molar refractivity (Wildman–Crippen MR) is 78.3 cm³/mol. The number of hydrogen-bond acceptors (Lipinski definition) is 6. The van der Waals surface area contributed by atoms with Gasteiger partial charge in [0.25, 0.3) is 0 Å². The lowest BCUT2D eigenvalue weighted by molar-refractivity contribution is 0.250. The second-order valence-electron chi connectivity index (χ2n) is 4.68. The molecule has 0 aliphatic carbocycles. The molecule has 1 fully saturated rings. The van der Waals surface area contributed by atoms with E-state index >= 15 is 0 Å². The third-order valence-corrected chi connectivity index (χ3v) is 4.11. The summed E-state index contributed by atoms with van der Waals surface area (Å²) in [4.78, 5) is 8.96. The fourth-order valence-electron chi connectivity index (χ4n) is 2.29. The molecule has 0 unspecified atom stereocenters. The maximum Gasteiger partial charge on any atom is 0.233 e. The monoisotopic (exact) mass is 275 g/mol. The first-order valence-corrected chi connectivity index (χ1v) is 7.19. The van der Waals surface area contributed by atoms with E-state index in [0.29, 0.717) is 5.95 Å². The minimum atomic E-state index is 0.381. The van der Waals surface area contributed by atoms with Gasteiger partial charge in [0.15, 0.2) is 0 Å². The molecule has 5 nitrogen and oxygen atoms in total. The molecule has 3 rings (SSSR count). The van der Waals surface area contributed by atoms with Crippen molar-refractivity contribution in [2.45, 2.75) is 6.54 Å². The number of anilines is 2. The van der Waals surface area contributed by atoms with Crippen LogP contribution in [-0.4, -0.2) is 40.4 Å². The number of rotatable bonds is 3. The van der Waals surface area contributed by atoms with E-state index in [1.165, 1.54) is 17.1 Å². The molecule has 2 N–H and O–H groups in total. The Morgan fingerprint density at radius 1 is 1.11 bits per heavy atom. The minimum Gasteiger partial charge on any atom is -0.367 e. The van der Waals surface area contributed by atoms with E-state index in [4.69, 9.17) is 5.73 Å². The molecule has 0 amide bonds. The van der Waals surface area contributed by atoms with Crippen molar-refractivity contribution in [3.8, 4) is 0 Å². The molecule has 1 saturated heterocycles. The summed E-state index contributed by atoms with van der Waals surface area (Å²) >= 11 is 1.38. The zero-order chi connectivity index (χ0) is 13.1. The molecule has 2 heterocycles. The summed E-state index contributed by atoms with van der Waals surface area (Å²) in [5, 5.41) is 0.942. The van der Waals surface area contributed by atoms with E-state index in [-0.39, 0.29) is 0 Å². The molecular formula is C13H17N5S. The maximum atomic E-state index is 5.57. The first-order chi connectivity index (χ1) is 9.31. The highest BCUT2D eigenvalue weighted by molar-refractivity contribution is 7.09. The molecule has 1 aromatic heterocycles. The van der Waals surface area contributed by atoms with Gasteiger partial charge in [-0.1, -0.05) is 30.3 Å². The molecule has 0 radical (unpaired) electrons. The summed E-state index contributed by atoms with van der Waals surface area (Å²) in [6, 6.07) is 10.6. The van der Waals surface area contributed by atoms with Crippen molar-refractivity contribution in [1.29, 1.82) is 0 Å². The number of nitrogens with two attached hydrogens (primary N) is 1. The van der Waals surface area contributed by atoms with E-state index in [1.807, 2.05) is 0 Å². The molecule has 0 atom stereocenters. The van der Waals surface area contributed by atoms with E-state index < -0.39 is 0 Å². The molecule has 19 heavy (non-hydrogen) atoms. The van der Waals surface area contributed by atoms with Gasteiger partial charge in [0.05, 0.1) is 0 Å². The fourth-order valence-corrected chi connectivity index (χ4v) is 2.94. The Kier molecular flexibility index (Phi) is 3.61. The van der Waals surface area contributed by atoms with Gasteiger partial charge < -0.3 is 10.6 Å². The van der Waals surface area contributed by atoms with Crippen molar-refractivity contribution in [1.82, 2.24) is 14.3 Å². The Hall–Kier alpha value is -1.66. The van der Waals surface area contributed by atoms with E-state index in [1.54, 1.807) is 0 Å². The van der Waals surface area contributed by atoms with E-state index in [0.717, 1.165) is 37.9 Å². The number of aromatic nitrogens is 2.